The Labute approximate surface area is 184 Å². The zero-order valence-electron chi connectivity index (χ0n) is 17.3. The Morgan fingerprint density at radius 1 is 1.16 bits per heavy atom. The van der Waals surface area contributed by atoms with E-state index in [1.807, 2.05) is 0 Å². The Bertz CT molecular complexity index is 860. The van der Waals surface area contributed by atoms with Crippen LogP contribution in [0.15, 0.2) is 5.38 Å². The molecule has 4 rings (SSSR count). The van der Waals surface area contributed by atoms with Crippen LogP contribution in [0.5, 0.6) is 0 Å². The molecule has 2 saturated carbocycles. The number of imide groups is 1. The van der Waals surface area contributed by atoms with Crippen molar-refractivity contribution in [3.05, 3.63) is 11.1 Å². The van der Waals surface area contributed by atoms with E-state index in [9.17, 15) is 19.2 Å². The maximum Gasteiger partial charge on any atom is 0.355 e. The fourth-order valence-electron chi connectivity index (χ4n) is 5.09. The smallest absolute Gasteiger partial charge is 0.355 e. The molecule has 31 heavy (non-hydrogen) atoms. The number of nitrogens with zero attached hydrogens (tertiary/aromatic N) is 2. The third-order valence-corrected chi connectivity index (χ3v) is 7.45. The first-order chi connectivity index (χ1) is 14.9. The number of nitrogens with one attached hydrogen (secondary N) is 2. The lowest BCUT2D eigenvalue weighted by molar-refractivity contribution is -0.134. The van der Waals surface area contributed by atoms with E-state index in [-0.39, 0.29) is 22.7 Å². The molecule has 2 heterocycles. The number of anilines is 1. The molecule has 2 atom stereocenters. The number of thiazole rings is 1. The minimum atomic E-state index is -1.18. The molecule has 1 aliphatic heterocycles. The van der Waals surface area contributed by atoms with Gasteiger partial charge in [0.15, 0.2) is 10.8 Å². The van der Waals surface area contributed by atoms with Crippen molar-refractivity contribution in [2.75, 3.05) is 5.32 Å². The van der Waals surface area contributed by atoms with Crippen LogP contribution >= 0.6 is 11.3 Å². The van der Waals surface area contributed by atoms with Gasteiger partial charge in [-0.25, -0.2) is 19.5 Å². The quantitative estimate of drug-likeness (QED) is 0.524. The van der Waals surface area contributed by atoms with Gasteiger partial charge in [0.05, 0.1) is 0 Å². The van der Waals surface area contributed by atoms with E-state index in [0.29, 0.717) is 18.8 Å². The second-order valence-corrected chi connectivity index (χ2v) is 9.69. The average molecular weight is 449 g/mol. The van der Waals surface area contributed by atoms with Gasteiger partial charge in [-0.05, 0) is 24.7 Å². The van der Waals surface area contributed by atoms with Crippen LogP contribution in [0.1, 0.15) is 74.7 Å². The summed E-state index contributed by atoms with van der Waals surface area (Å²) in [7, 11) is 0. The van der Waals surface area contributed by atoms with Crippen LogP contribution in [0.4, 0.5) is 9.93 Å². The Balaban J connectivity index is 1.50. The van der Waals surface area contributed by atoms with Crippen molar-refractivity contribution >= 4 is 40.3 Å². The number of aromatic carboxylic acids is 1. The molecule has 1 aromatic rings. The largest absolute Gasteiger partial charge is 0.476 e. The predicted molar refractivity (Wildman–Crippen MR) is 114 cm³/mol. The minimum absolute atomic E-state index is 0.147. The van der Waals surface area contributed by atoms with Gasteiger partial charge in [-0.15, -0.1) is 11.3 Å². The lowest BCUT2D eigenvalue weighted by Crippen LogP contribution is -2.48. The Morgan fingerprint density at radius 3 is 2.42 bits per heavy atom. The lowest BCUT2D eigenvalue weighted by atomic mass is 9.95. The number of carboxylic acid groups (broad SMARTS) is 1. The van der Waals surface area contributed by atoms with Crippen LogP contribution in [-0.4, -0.2) is 50.9 Å². The highest BCUT2D eigenvalue weighted by Gasteiger charge is 2.46. The van der Waals surface area contributed by atoms with Crippen molar-refractivity contribution in [3.63, 3.8) is 0 Å². The molecule has 168 valence electrons. The number of rotatable bonds is 8. The molecule has 3 aliphatic rings. The zero-order valence-corrected chi connectivity index (χ0v) is 18.2. The summed E-state index contributed by atoms with van der Waals surface area (Å²) in [4.78, 5) is 55.1. The molecule has 1 aromatic heterocycles. The summed E-state index contributed by atoms with van der Waals surface area (Å²) in [5.41, 5.74) is -0.153. The van der Waals surface area contributed by atoms with Gasteiger partial charge >= 0.3 is 12.0 Å². The summed E-state index contributed by atoms with van der Waals surface area (Å²) >= 11 is 1.00. The highest BCUT2D eigenvalue weighted by atomic mass is 32.1. The van der Waals surface area contributed by atoms with Gasteiger partial charge in [0.2, 0.25) is 5.91 Å². The third-order valence-electron chi connectivity index (χ3n) is 6.69. The molecule has 0 aromatic carbocycles. The van der Waals surface area contributed by atoms with E-state index in [1.165, 1.54) is 5.38 Å². The summed E-state index contributed by atoms with van der Waals surface area (Å²) in [6, 6.07) is -2.02. The monoisotopic (exact) mass is 448 g/mol. The van der Waals surface area contributed by atoms with Crippen LogP contribution in [0.3, 0.4) is 0 Å². The molecule has 3 fully saturated rings. The molecular weight excluding hydrogens is 420 g/mol. The van der Waals surface area contributed by atoms with Crippen LogP contribution < -0.4 is 10.6 Å². The van der Waals surface area contributed by atoms with Crippen LogP contribution in [0.25, 0.3) is 0 Å². The Hall–Kier alpha value is -2.49. The van der Waals surface area contributed by atoms with Crippen molar-refractivity contribution in [3.8, 4) is 0 Å². The number of hydrogen-bond donors (Lipinski definition) is 3. The molecule has 1 saturated heterocycles. The van der Waals surface area contributed by atoms with E-state index >= 15 is 0 Å². The summed E-state index contributed by atoms with van der Waals surface area (Å²) in [5.74, 6) is -1.30. The number of carboxylic acids is 1. The van der Waals surface area contributed by atoms with E-state index in [1.54, 1.807) is 0 Å². The molecule has 9 nitrogen and oxygen atoms in total. The van der Waals surface area contributed by atoms with Crippen molar-refractivity contribution in [2.24, 2.45) is 11.8 Å². The maximum absolute atomic E-state index is 13.1. The van der Waals surface area contributed by atoms with E-state index in [2.05, 4.69) is 15.6 Å². The van der Waals surface area contributed by atoms with Gasteiger partial charge in [0.1, 0.15) is 12.1 Å². The van der Waals surface area contributed by atoms with Gasteiger partial charge in [-0.3, -0.25) is 9.59 Å². The maximum atomic E-state index is 13.1. The molecule has 2 unspecified atom stereocenters. The molecule has 10 heteroatoms. The molecule has 0 radical (unpaired) electrons. The van der Waals surface area contributed by atoms with Gasteiger partial charge in [0, 0.05) is 5.38 Å². The number of hydrogen-bond acceptors (Lipinski definition) is 6. The summed E-state index contributed by atoms with van der Waals surface area (Å²) in [6.07, 6.45) is 9.59. The third kappa shape index (κ3) is 4.89. The molecular formula is C21H28N4O5S. The summed E-state index contributed by atoms with van der Waals surface area (Å²) < 4.78 is 0. The fraction of sp³-hybridized carbons (Fsp3) is 0.667. The fourth-order valence-corrected chi connectivity index (χ4v) is 5.78. The van der Waals surface area contributed by atoms with Crippen LogP contribution in [0, 0.1) is 11.8 Å². The first kappa shape index (κ1) is 21.7. The number of carbonyl (C=O) groups is 4. The average Bonchev–Trinajstić information content (AvgIpc) is 3.51. The predicted octanol–water partition coefficient (Wildman–Crippen LogP) is 3.23. The van der Waals surface area contributed by atoms with E-state index in [4.69, 9.17) is 5.11 Å². The first-order valence-electron chi connectivity index (χ1n) is 11.1. The van der Waals surface area contributed by atoms with Crippen molar-refractivity contribution in [1.82, 2.24) is 15.2 Å². The first-order valence-corrected chi connectivity index (χ1v) is 11.9. The highest BCUT2D eigenvalue weighted by molar-refractivity contribution is 7.14. The number of aromatic nitrogens is 1. The summed E-state index contributed by atoms with van der Waals surface area (Å²) in [5, 5.41) is 16.0. The van der Waals surface area contributed by atoms with Crippen molar-refractivity contribution < 1.29 is 24.3 Å². The lowest BCUT2D eigenvalue weighted by Gasteiger charge is -2.26. The zero-order chi connectivity index (χ0) is 22.0. The molecule has 0 spiro atoms. The summed E-state index contributed by atoms with van der Waals surface area (Å²) in [6.45, 7) is 0. The van der Waals surface area contributed by atoms with Gasteiger partial charge in [0.25, 0.3) is 5.91 Å². The SMILES string of the molecule is O=C(O)c1csc(NC(=O)C(CC2CCCC2)N2C(=O)NC(CC3CCCC3)C2=O)n1. The Morgan fingerprint density at radius 2 is 1.81 bits per heavy atom. The normalized spacial score (nSPS) is 23.4. The topological polar surface area (TPSA) is 129 Å². The van der Waals surface area contributed by atoms with E-state index in [0.717, 1.165) is 67.6 Å². The van der Waals surface area contributed by atoms with E-state index < -0.39 is 30.0 Å². The molecule has 4 amide bonds. The van der Waals surface area contributed by atoms with Crippen LogP contribution in [0.2, 0.25) is 0 Å². The number of carbonyl (C=O) groups excluding carboxylic acids is 3. The van der Waals surface area contributed by atoms with Crippen molar-refractivity contribution in [2.45, 2.75) is 76.3 Å². The molecule has 2 aliphatic carbocycles. The standard InChI is InChI=1S/C21H28N4O5S/c26-17(24-20-22-15(11-31-20)19(28)29)16(10-13-7-3-4-8-13)25-18(27)14(23-21(25)30)9-12-5-1-2-6-12/h11-14,16H,1-10H2,(H,23,30)(H,28,29)(H,22,24,26). The van der Waals surface area contributed by atoms with Gasteiger partial charge in [-0.2, -0.15) is 0 Å². The number of urea groups is 1. The van der Waals surface area contributed by atoms with Crippen LogP contribution in [-0.2, 0) is 9.59 Å². The highest BCUT2D eigenvalue weighted by Crippen LogP contribution is 2.33. The second-order valence-electron chi connectivity index (χ2n) is 8.83. The minimum Gasteiger partial charge on any atom is -0.476 e. The second kappa shape index (κ2) is 9.33. The Kier molecular flexibility index (Phi) is 6.54. The molecule has 3 N–H and O–H groups in total. The number of amides is 4. The molecule has 0 bridgehead atoms. The van der Waals surface area contributed by atoms with Crippen molar-refractivity contribution in [1.29, 1.82) is 0 Å². The van der Waals surface area contributed by atoms with Gasteiger partial charge < -0.3 is 15.7 Å². The van der Waals surface area contributed by atoms with Gasteiger partial charge in [-0.1, -0.05) is 51.4 Å².